The summed E-state index contributed by atoms with van der Waals surface area (Å²) >= 11 is 0. The van der Waals surface area contributed by atoms with Gasteiger partial charge in [-0.3, -0.25) is 10.1 Å². The van der Waals surface area contributed by atoms with Crippen LogP contribution in [0.1, 0.15) is 23.0 Å². The third-order valence-corrected chi connectivity index (χ3v) is 2.84. The van der Waals surface area contributed by atoms with Crippen molar-refractivity contribution in [3.63, 3.8) is 0 Å². The number of hydrogen-bond donors (Lipinski definition) is 1. The maximum atomic E-state index is 14.0. The summed E-state index contributed by atoms with van der Waals surface area (Å²) in [5.41, 5.74) is -0.712. The first kappa shape index (κ1) is 14.6. The van der Waals surface area contributed by atoms with Crippen LogP contribution >= 0.6 is 0 Å². The number of nitrogens with one attached hydrogen (secondary N) is 1. The number of nitrogens with zero attached hydrogens (tertiary/aromatic N) is 3. The predicted molar refractivity (Wildman–Crippen MR) is 69.1 cm³/mol. The van der Waals surface area contributed by atoms with E-state index in [0.717, 1.165) is 12.1 Å². The van der Waals surface area contributed by atoms with Gasteiger partial charge in [0.1, 0.15) is 11.5 Å². The highest BCUT2D eigenvalue weighted by Gasteiger charge is 2.26. The van der Waals surface area contributed by atoms with E-state index in [1.54, 1.807) is 6.92 Å². The summed E-state index contributed by atoms with van der Waals surface area (Å²) in [6, 6.07) is 2.00. The average Bonchev–Trinajstić information content (AvgIpc) is 2.87. The molecule has 0 atom stereocenters. The minimum Gasteiger partial charge on any atom is -0.461 e. The molecular formula is C12H11FN4O4. The minimum atomic E-state index is -0.786. The molecule has 0 saturated carbocycles. The fourth-order valence-corrected chi connectivity index (χ4v) is 1.90. The van der Waals surface area contributed by atoms with Crippen molar-refractivity contribution >= 4 is 11.7 Å². The molecule has 0 aliphatic rings. The fraction of sp³-hybridized carbons (Fsp3) is 0.250. The van der Waals surface area contributed by atoms with Gasteiger partial charge in [0.25, 0.3) is 5.69 Å². The molecule has 1 aromatic heterocycles. The van der Waals surface area contributed by atoms with E-state index >= 15 is 0 Å². The summed E-state index contributed by atoms with van der Waals surface area (Å²) in [5, 5.41) is 20.5. The molecular weight excluding hydrogens is 283 g/mol. The Morgan fingerprint density at radius 1 is 1.48 bits per heavy atom. The molecule has 9 heteroatoms. The highest BCUT2D eigenvalue weighted by molar-refractivity contribution is 5.94. The van der Waals surface area contributed by atoms with Crippen LogP contribution in [0.2, 0.25) is 0 Å². The van der Waals surface area contributed by atoms with Crippen LogP contribution in [0.4, 0.5) is 10.1 Å². The quantitative estimate of drug-likeness (QED) is 0.524. The summed E-state index contributed by atoms with van der Waals surface area (Å²) in [6.45, 7) is 3.10. The third kappa shape index (κ3) is 2.57. The summed E-state index contributed by atoms with van der Waals surface area (Å²) in [7, 11) is 0. The molecule has 0 amide bonds. The highest BCUT2D eigenvalue weighted by atomic mass is 19.1. The number of carbonyl (C=O) groups excluding carboxylic acids is 1. The lowest BCUT2D eigenvalue weighted by Crippen LogP contribution is -2.08. The zero-order valence-electron chi connectivity index (χ0n) is 11.2. The Morgan fingerprint density at radius 3 is 2.81 bits per heavy atom. The molecule has 0 unspecified atom stereocenters. The van der Waals surface area contributed by atoms with Gasteiger partial charge in [-0.15, -0.1) is 5.10 Å². The van der Waals surface area contributed by atoms with Gasteiger partial charge >= 0.3 is 5.97 Å². The Bertz CT molecular complexity index is 713. The van der Waals surface area contributed by atoms with Gasteiger partial charge < -0.3 is 4.74 Å². The van der Waals surface area contributed by atoms with Gasteiger partial charge in [0.15, 0.2) is 5.69 Å². The second-order valence-corrected chi connectivity index (χ2v) is 4.06. The number of benzene rings is 1. The molecule has 0 aliphatic heterocycles. The molecule has 21 heavy (non-hydrogen) atoms. The number of rotatable bonds is 4. The van der Waals surface area contributed by atoms with Crippen molar-refractivity contribution < 1.29 is 18.8 Å². The lowest BCUT2D eigenvalue weighted by molar-refractivity contribution is -0.385. The number of nitro benzene ring substituents is 1. The van der Waals surface area contributed by atoms with E-state index in [1.807, 2.05) is 0 Å². The molecule has 110 valence electrons. The van der Waals surface area contributed by atoms with Crippen molar-refractivity contribution in [2.45, 2.75) is 13.8 Å². The highest BCUT2D eigenvalue weighted by Crippen LogP contribution is 2.32. The number of H-pyrrole nitrogens is 1. The van der Waals surface area contributed by atoms with Gasteiger partial charge in [0.05, 0.1) is 17.1 Å². The molecule has 0 fully saturated rings. The summed E-state index contributed by atoms with van der Waals surface area (Å²) in [5.74, 6) is -1.52. The van der Waals surface area contributed by atoms with E-state index < -0.39 is 16.7 Å². The number of esters is 1. The average molecular weight is 294 g/mol. The number of nitro groups is 1. The van der Waals surface area contributed by atoms with Gasteiger partial charge in [0, 0.05) is 11.6 Å². The zero-order chi connectivity index (χ0) is 15.6. The second-order valence-electron chi connectivity index (χ2n) is 4.06. The Morgan fingerprint density at radius 2 is 2.19 bits per heavy atom. The number of aromatic amines is 1. The van der Waals surface area contributed by atoms with E-state index in [9.17, 15) is 19.3 Å². The van der Waals surface area contributed by atoms with E-state index in [1.165, 1.54) is 6.92 Å². The van der Waals surface area contributed by atoms with Gasteiger partial charge in [-0.05, 0) is 19.9 Å². The van der Waals surface area contributed by atoms with Crippen LogP contribution in [0.15, 0.2) is 12.1 Å². The molecule has 0 aliphatic carbocycles. The molecule has 1 N–H and O–H groups in total. The summed E-state index contributed by atoms with van der Waals surface area (Å²) < 4.78 is 18.8. The van der Waals surface area contributed by atoms with Crippen LogP contribution in [0, 0.1) is 22.9 Å². The topological polar surface area (TPSA) is 111 Å². The lowest BCUT2D eigenvalue weighted by Gasteiger charge is -2.06. The van der Waals surface area contributed by atoms with Crippen molar-refractivity contribution in [3.8, 4) is 11.3 Å². The van der Waals surface area contributed by atoms with E-state index in [-0.39, 0.29) is 34.8 Å². The molecule has 1 aromatic carbocycles. The van der Waals surface area contributed by atoms with Crippen LogP contribution in [0.5, 0.6) is 0 Å². The number of hydrogen-bond acceptors (Lipinski definition) is 6. The first-order valence-electron chi connectivity index (χ1n) is 5.99. The van der Waals surface area contributed by atoms with Crippen LogP contribution in [-0.4, -0.2) is 32.9 Å². The third-order valence-electron chi connectivity index (χ3n) is 2.84. The standard InChI is InChI=1S/C12H11FN4O4/c1-3-21-12(18)11-10(14-16-15-11)9-6(2)8(17(19)20)5-4-7(9)13/h4-5H,3H2,1-2H3,(H,14,15,16). The van der Waals surface area contributed by atoms with Crippen molar-refractivity contribution in [2.24, 2.45) is 0 Å². The van der Waals surface area contributed by atoms with Crippen LogP contribution < -0.4 is 0 Å². The Hall–Kier alpha value is -2.84. The molecule has 0 radical (unpaired) electrons. The Labute approximate surface area is 118 Å². The van der Waals surface area contributed by atoms with Crippen LogP contribution in [0.3, 0.4) is 0 Å². The Balaban J connectivity index is 2.63. The molecule has 0 bridgehead atoms. The molecule has 8 nitrogen and oxygen atoms in total. The molecule has 2 rings (SSSR count). The zero-order valence-corrected chi connectivity index (χ0v) is 11.2. The van der Waals surface area contributed by atoms with Crippen LogP contribution in [0.25, 0.3) is 11.3 Å². The monoisotopic (exact) mass is 294 g/mol. The number of ether oxygens (including phenoxy) is 1. The number of aromatic nitrogens is 3. The van der Waals surface area contributed by atoms with Crippen molar-refractivity contribution in [2.75, 3.05) is 6.61 Å². The fourth-order valence-electron chi connectivity index (χ4n) is 1.90. The van der Waals surface area contributed by atoms with Crippen molar-refractivity contribution in [3.05, 3.63) is 39.3 Å². The second kappa shape index (κ2) is 5.65. The number of carbonyl (C=O) groups is 1. The van der Waals surface area contributed by atoms with Gasteiger partial charge in [0.2, 0.25) is 0 Å². The largest absolute Gasteiger partial charge is 0.461 e. The first-order chi connectivity index (χ1) is 9.97. The van der Waals surface area contributed by atoms with E-state index in [2.05, 4.69) is 15.4 Å². The minimum absolute atomic E-state index is 0.0550. The van der Waals surface area contributed by atoms with Crippen LogP contribution in [-0.2, 0) is 4.74 Å². The molecule has 2 aromatic rings. The maximum Gasteiger partial charge on any atom is 0.361 e. The first-order valence-corrected chi connectivity index (χ1v) is 5.99. The van der Waals surface area contributed by atoms with E-state index in [4.69, 9.17) is 4.74 Å². The number of halogens is 1. The van der Waals surface area contributed by atoms with Gasteiger partial charge in [-0.1, -0.05) is 0 Å². The maximum absolute atomic E-state index is 14.0. The summed E-state index contributed by atoms with van der Waals surface area (Å²) in [6.07, 6.45) is 0. The van der Waals surface area contributed by atoms with Crippen molar-refractivity contribution in [1.29, 1.82) is 0 Å². The van der Waals surface area contributed by atoms with E-state index in [0.29, 0.717) is 0 Å². The SMILES string of the molecule is CCOC(=O)c1n[nH]nc1-c1c(F)ccc([N+](=O)[O-])c1C. The lowest BCUT2D eigenvalue weighted by atomic mass is 10.0. The molecule has 1 heterocycles. The molecule has 0 saturated heterocycles. The van der Waals surface area contributed by atoms with Gasteiger partial charge in [-0.2, -0.15) is 10.3 Å². The Kier molecular flexibility index (Phi) is 3.92. The normalized spacial score (nSPS) is 10.4. The summed E-state index contributed by atoms with van der Waals surface area (Å²) in [4.78, 5) is 22.0. The predicted octanol–water partition coefficient (Wildman–Crippen LogP) is 2.00. The molecule has 0 spiro atoms. The van der Waals surface area contributed by atoms with Crippen molar-refractivity contribution in [1.82, 2.24) is 15.4 Å². The smallest absolute Gasteiger partial charge is 0.361 e. The van der Waals surface area contributed by atoms with Gasteiger partial charge in [-0.25, -0.2) is 9.18 Å².